The third-order valence-corrected chi connectivity index (χ3v) is 3.60. The summed E-state index contributed by atoms with van der Waals surface area (Å²) in [6, 6.07) is 10.0. The number of H-pyrrole nitrogens is 1. The number of hydrogen-bond donors (Lipinski definition) is 2. The molecular formula is C14H13BrN4O. The normalized spacial score (nSPS) is 10.9. The first-order valence-electron chi connectivity index (χ1n) is 6.17. The number of carbonyl (C=O) groups excluding carboxylic acids is 1. The third kappa shape index (κ3) is 2.46. The summed E-state index contributed by atoms with van der Waals surface area (Å²) in [6.07, 6.45) is 1.75. The summed E-state index contributed by atoms with van der Waals surface area (Å²) in [5, 5.41) is 8.10. The van der Waals surface area contributed by atoms with Gasteiger partial charge in [0.2, 0.25) is 0 Å². The quantitative estimate of drug-likeness (QED) is 0.774. The van der Waals surface area contributed by atoms with Crippen LogP contribution < -0.4 is 5.32 Å². The van der Waals surface area contributed by atoms with Gasteiger partial charge in [-0.3, -0.25) is 9.48 Å². The monoisotopic (exact) mass is 332 g/mol. The zero-order valence-corrected chi connectivity index (χ0v) is 12.4. The summed E-state index contributed by atoms with van der Waals surface area (Å²) in [7, 11) is 1.78. The third-order valence-electron chi connectivity index (χ3n) is 3.02. The van der Waals surface area contributed by atoms with E-state index in [1.54, 1.807) is 17.9 Å². The Morgan fingerprint density at radius 1 is 1.45 bits per heavy atom. The van der Waals surface area contributed by atoms with Gasteiger partial charge in [-0.05, 0) is 33.4 Å². The van der Waals surface area contributed by atoms with Gasteiger partial charge in [0, 0.05) is 24.5 Å². The number of nitrogens with zero attached hydrogens (tertiary/aromatic N) is 2. The average molecular weight is 333 g/mol. The zero-order chi connectivity index (χ0) is 14.1. The molecule has 0 saturated heterocycles. The van der Waals surface area contributed by atoms with E-state index in [0.717, 1.165) is 16.6 Å². The van der Waals surface area contributed by atoms with Gasteiger partial charge < -0.3 is 10.3 Å². The van der Waals surface area contributed by atoms with Gasteiger partial charge >= 0.3 is 0 Å². The molecule has 20 heavy (non-hydrogen) atoms. The van der Waals surface area contributed by atoms with Crippen LogP contribution in [0.4, 0.5) is 0 Å². The molecule has 2 heterocycles. The molecule has 0 spiro atoms. The number of aromatic amines is 1. The fraction of sp³-hybridized carbons (Fsp3) is 0.143. The van der Waals surface area contributed by atoms with Crippen molar-refractivity contribution in [3.8, 4) is 0 Å². The van der Waals surface area contributed by atoms with Crippen molar-refractivity contribution in [3.05, 3.63) is 52.4 Å². The largest absolute Gasteiger partial charge is 0.357 e. The SMILES string of the molecule is Cn1cc(Br)c(C(=O)NCc2cc3ccccc3[nH]2)n1. The highest BCUT2D eigenvalue weighted by molar-refractivity contribution is 9.10. The molecule has 1 aromatic carbocycles. The standard InChI is InChI=1S/C14H13BrN4O/c1-19-8-11(15)13(18-19)14(20)16-7-10-6-9-4-2-3-5-12(9)17-10/h2-6,8,17H,7H2,1H3,(H,16,20). The number of amides is 1. The van der Waals surface area contributed by atoms with Crippen molar-refractivity contribution in [2.75, 3.05) is 0 Å². The van der Waals surface area contributed by atoms with Crippen molar-refractivity contribution < 1.29 is 4.79 Å². The molecule has 0 radical (unpaired) electrons. The molecule has 0 unspecified atom stereocenters. The molecule has 0 aliphatic carbocycles. The zero-order valence-electron chi connectivity index (χ0n) is 10.9. The predicted octanol–water partition coefficient (Wildman–Crippen LogP) is 2.59. The van der Waals surface area contributed by atoms with E-state index < -0.39 is 0 Å². The van der Waals surface area contributed by atoms with Crippen molar-refractivity contribution in [2.45, 2.75) is 6.54 Å². The summed E-state index contributed by atoms with van der Waals surface area (Å²) >= 11 is 3.32. The second kappa shape index (κ2) is 5.13. The molecule has 0 aliphatic heterocycles. The lowest BCUT2D eigenvalue weighted by atomic mass is 10.2. The van der Waals surface area contributed by atoms with Crippen molar-refractivity contribution in [1.82, 2.24) is 20.1 Å². The molecule has 3 rings (SSSR count). The van der Waals surface area contributed by atoms with E-state index in [9.17, 15) is 4.79 Å². The number of aromatic nitrogens is 3. The molecule has 6 heteroatoms. The summed E-state index contributed by atoms with van der Waals surface area (Å²) in [6.45, 7) is 0.441. The van der Waals surface area contributed by atoms with Crippen LogP contribution in [-0.4, -0.2) is 20.7 Å². The number of benzene rings is 1. The van der Waals surface area contributed by atoms with Crippen LogP contribution in [0.2, 0.25) is 0 Å². The van der Waals surface area contributed by atoms with E-state index in [1.165, 1.54) is 0 Å². The smallest absolute Gasteiger partial charge is 0.273 e. The summed E-state index contributed by atoms with van der Waals surface area (Å²) < 4.78 is 2.29. The van der Waals surface area contributed by atoms with E-state index in [2.05, 4.69) is 31.3 Å². The first-order valence-corrected chi connectivity index (χ1v) is 6.97. The number of nitrogens with one attached hydrogen (secondary N) is 2. The van der Waals surface area contributed by atoms with Crippen molar-refractivity contribution in [1.29, 1.82) is 0 Å². The Morgan fingerprint density at radius 2 is 2.25 bits per heavy atom. The molecule has 5 nitrogen and oxygen atoms in total. The highest BCUT2D eigenvalue weighted by Crippen LogP contribution is 2.16. The fourth-order valence-electron chi connectivity index (χ4n) is 2.10. The van der Waals surface area contributed by atoms with Crippen molar-refractivity contribution in [3.63, 3.8) is 0 Å². The van der Waals surface area contributed by atoms with Gasteiger partial charge in [0.25, 0.3) is 5.91 Å². The van der Waals surface area contributed by atoms with Gasteiger partial charge in [0.15, 0.2) is 5.69 Å². The van der Waals surface area contributed by atoms with E-state index in [0.29, 0.717) is 16.7 Å². The van der Waals surface area contributed by atoms with Gasteiger partial charge in [0.05, 0.1) is 11.0 Å². The molecule has 1 amide bonds. The molecular weight excluding hydrogens is 320 g/mol. The first kappa shape index (κ1) is 12.9. The molecule has 0 aliphatic rings. The number of rotatable bonds is 3. The second-order valence-corrected chi connectivity index (χ2v) is 5.42. The highest BCUT2D eigenvalue weighted by Gasteiger charge is 2.14. The number of carbonyl (C=O) groups is 1. The molecule has 0 fully saturated rings. The molecule has 3 aromatic rings. The van der Waals surface area contributed by atoms with Gasteiger partial charge in [-0.25, -0.2) is 0 Å². The number of hydrogen-bond acceptors (Lipinski definition) is 2. The minimum absolute atomic E-state index is 0.198. The van der Waals surface area contributed by atoms with Crippen LogP contribution in [0.3, 0.4) is 0 Å². The van der Waals surface area contributed by atoms with E-state index in [4.69, 9.17) is 0 Å². The van der Waals surface area contributed by atoms with Crippen LogP contribution in [0.5, 0.6) is 0 Å². The minimum atomic E-state index is -0.198. The number of para-hydroxylation sites is 1. The lowest BCUT2D eigenvalue weighted by Crippen LogP contribution is -2.23. The molecule has 0 saturated carbocycles. The average Bonchev–Trinajstić information content (AvgIpc) is 2.98. The van der Waals surface area contributed by atoms with Crippen LogP contribution in [-0.2, 0) is 13.6 Å². The van der Waals surface area contributed by atoms with Crippen LogP contribution in [0, 0.1) is 0 Å². The number of aryl methyl sites for hydroxylation is 1. The van der Waals surface area contributed by atoms with Gasteiger partial charge in [0.1, 0.15) is 0 Å². The van der Waals surface area contributed by atoms with Crippen LogP contribution in [0.25, 0.3) is 10.9 Å². The van der Waals surface area contributed by atoms with E-state index in [1.807, 2.05) is 30.3 Å². The predicted molar refractivity (Wildman–Crippen MR) is 80.4 cm³/mol. The van der Waals surface area contributed by atoms with Crippen molar-refractivity contribution >= 4 is 32.7 Å². The lowest BCUT2D eigenvalue weighted by molar-refractivity contribution is 0.0944. The lowest BCUT2D eigenvalue weighted by Gasteiger charge is -2.01. The van der Waals surface area contributed by atoms with Gasteiger partial charge in [-0.2, -0.15) is 5.10 Å². The molecule has 102 valence electrons. The first-order chi connectivity index (χ1) is 9.63. The summed E-state index contributed by atoms with van der Waals surface area (Å²) in [5.41, 5.74) is 2.42. The van der Waals surface area contributed by atoms with E-state index in [-0.39, 0.29) is 5.91 Å². The van der Waals surface area contributed by atoms with Crippen LogP contribution in [0.15, 0.2) is 41.0 Å². The Bertz CT molecular complexity index is 741. The summed E-state index contributed by atoms with van der Waals surface area (Å²) in [5.74, 6) is -0.198. The molecule has 2 N–H and O–H groups in total. The Kier molecular flexibility index (Phi) is 3.31. The van der Waals surface area contributed by atoms with Crippen LogP contribution in [0.1, 0.15) is 16.2 Å². The van der Waals surface area contributed by atoms with Crippen LogP contribution >= 0.6 is 15.9 Å². The van der Waals surface area contributed by atoms with Gasteiger partial charge in [-0.1, -0.05) is 18.2 Å². The topological polar surface area (TPSA) is 62.7 Å². The Morgan fingerprint density at radius 3 is 2.95 bits per heavy atom. The van der Waals surface area contributed by atoms with Crippen molar-refractivity contribution in [2.24, 2.45) is 7.05 Å². The van der Waals surface area contributed by atoms with E-state index >= 15 is 0 Å². The Labute approximate surface area is 124 Å². The number of halogens is 1. The highest BCUT2D eigenvalue weighted by atomic mass is 79.9. The Hall–Kier alpha value is -2.08. The fourth-order valence-corrected chi connectivity index (χ4v) is 2.66. The number of fused-ring (bicyclic) bond motifs is 1. The van der Waals surface area contributed by atoms with Gasteiger partial charge in [-0.15, -0.1) is 0 Å². The maximum atomic E-state index is 12.0. The molecule has 2 aromatic heterocycles. The molecule has 0 bridgehead atoms. The molecule has 0 atom stereocenters. The summed E-state index contributed by atoms with van der Waals surface area (Å²) in [4.78, 5) is 15.3. The Balaban J connectivity index is 1.73. The minimum Gasteiger partial charge on any atom is -0.357 e. The maximum Gasteiger partial charge on any atom is 0.273 e. The second-order valence-electron chi connectivity index (χ2n) is 4.56. The maximum absolute atomic E-state index is 12.0.